The van der Waals surface area contributed by atoms with Gasteiger partial charge in [-0.1, -0.05) is 35.8 Å². The molecule has 0 saturated heterocycles. The summed E-state index contributed by atoms with van der Waals surface area (Å²) in [6.45, 7) is 4.81. The van der Waals surface area contributed by atoms with Crippen molar-refractivity contribution in [3.05, 3.63) is 58.3 Å². The molecular weight excluding hydrogens is 370 g/mol. The molecule has 0 bridgehead atoms. The van der Waals surface area contributed by atoms with E-state index in [0.29, 0.717) is 23.7 Å². The first kappa shape index (κ1) is 18.1. The predicted octanol–water partition coefficient (Wildman–Crippen LogP) is 3.87. The van der Waals surface area contributed by atoms with Gasteiger partial charge in [-0.3, -0.25) is 14.6 Å². The highest BCUT2D eigenvalue weighted by atomic mass is 79.9. The van der Waals surface area contributed by atoms with Crippen molar-refractivity contribution in [2.45, 2.75) is 20.3 Å². The topological polar surface area (TPSA) is 71.1 Å². The van der Waals surface area contributed by atoms with Gasteiger partial charge >= 0.3 is 0 Å². The molecule has 2 rings (SSSR count). The molecule has 0 saturated carbocycles. The molecular formula is C18H20BrN3O2. The van der Waals surface area contributed by atoms with E-state index in [4.69, 9.17) is 0 Å². The number of nitrogens with zero attached hydrogens (tertiary/aromatic N) is 1. The molecule has 1 aromatic heterocycles. The molecule has 0 aliphatic rings. The quantitative estimate of drug-likeness (QED) is 0.787. The first-order valence-electron chi connectivity index (χ1n) is 7.77. The lowest BCUT2D eigenvalue weighted by Crippen LogP contribution is -2.26. The Hall–Kier alpha value is -2.21. The Morgan fingerprint density at radius 3 is 2.67 bits per heavy atom. The summed E-state index contributed by atoms with van der Waals surface area (Å²) in [7, 11) is 0. The number of carbonyl (C=O) groups excluding carboxylic acids is 2. The fourth-order valence-electron chi connectivity index (χ4n) is 2.03. The van der Waals surface area contributed by atoms with Gasteiger partial charge in [-0.2, -0.15) is 0 Å². The minimum atomic E-state index is -0.357. The minimum Gasteiger partial charge on any atom is -0.352 e. The molecule has 2 aromatic rings. The van der Waals surface area contributed by atoms with Crippen molar-refractivity contribution in [1.29, 1.82) is 0 Å². The summed E-state index contributed by atoms with van der Waals surface area (Å²) < 4.78 is 0.867. The smallest absolute Gasteiger partial charge is 0.274 e. The van der Waals surface area contributed by atoms with Crippen LogP contribution in [-0.4, -0.2) is 23.3 Å². The van der Waals surface area contributed by atoms with Gasteiger partial charge in [-0.25, -0.2) is 0 Å². The molecule has 126 valence electrons. The zero-order chi connectivity index (χ0) is 17.5. The van der Waals surface area contributed by atoms with E-state index >= 15 is 0 Å². The number of carbonyl (C=O) groups is 2. The van der Waals surface area contributed by atoms with Crippen molar-refractivity contribution in [3.8, 4) is 0 Å². The molecule has 0 radical (unpaired) electrons. The molecule has 0 unspecified atom stereocenters. The van der Waals surface area contributed by atoms with Gasteiger partial charge in [-0.15, -0.1) is 0 Å². The van der Waals surface area contributed by atoms with E-state index in [0.717, 1.165) is 10.9 Å². The third-order valence-corrected chi connectivity index (χ3v) is 3.84. The number of aromatic nitrogens is 1. The van der Waals surface area contributed by atoms with Gasteiger partial charge in [0.15, 0.2) is 0 Å². The summed E-state index contributed by atoms with van der Waals surface area (Å²) in [5.74, 6) is -0.0336. The maximum Gasteiger partial charge on any atom is 0.274 e. The van der Waals surface area contributed by atoms with E-state index in [9.17, 15) is 9.59 Å². The van der Waals surface area contributed by atoms with Gasteiger partial charge in [0, 0.05) is 28.5 Å². The zero-order valence-corrected chi connectivity index (χ0v) is 15.3. The SMILES string of the molecule is CC(C)CCNC(=O)c1ccnc(C(=O)Nc2cccc(Br)c2)c1. The number of anilines is 1. The average molecular weight is 390 g/mol. The highest BCUT2D eigenvalue weighted by Gasteiger charge is 2.12. The number of rotatable bonds is 6. The van der Waals surface area contributed by atoms with Crippen LogP contribution in [0.3, 0.4) is 0 Å². The largest absolute Gasteiger partial charge is 0.352 e. The van der Waals surface area contributed by atoms with Gasteiger partial charge in [0.25, 0.3) is 11.8 Å². The van der Waals surface area contributed by atoms with Gasteiger partial charge < -0.3 is 10.6 Å². The Morgan fingerprint density at radius 1 is 1.17 bits per heavy atom. The Morgan fingerprint density at radius 2 is 1.96 bits per heavy atom. The molecule has 2 N–H and O–H groups in total. The van der Waals surface area contributed by atoms with Crippen molar-refractivity contribution in [2.24, 2.45) is 5.92 Å². The molecule has 5 nitrogen and oxygen atoms in total. The van der Waals surface area contributed by atoms with E-state index in [1.54, 1.807) is 18.2 Å². The third-order valence-electron chi connectivity index (χ3n) is 3.34. The van der Waals surface area contributed by atoms with Crippen LogP contribution in [0.15, 0.2) is 47.1 Å². The van der Waals surface area contributed by atoms with Crippen LogP contribution in [0, 0.1) is 5.92 Å². The van der Waals surface area contributed by atoms with Crippen LogP contribution in [0.25, 0.3) is 0 Å². The molecule has 6 heteroatoms. The fourth-order valence-corrected chi connectivity index (χ4v) is 2.43. The van der Waals surface area contributed by atoms with Crippen molar-refractivity contribution in [3.63, 3.8) is 0 Å². The Balaban J connectivity index is 2.03. The first-order valence-corrected chi connectivity index (χ1v) is 8.56. The summed E-state index contributed by atoms with van der Waals surface area (Å²) in [6, 6.07) is 10.4. The van der Waals surface area contributed by atoms with Crippen molar-refractivity contribution < 1.29 is 9.59 Å². The molecule has 1 aromatic carbocycles. The number of benzene rings is 1. The second-order valence-corrected chi connectivity index (χ2v) is 6.75. The lowest BCUT2D eigenvalue weighted by molar-refractivity contribution is 0.0952. The van der Waals surface area contributed by atoms with Gasteiger partial charge in [-0.05, 0) is 42.7 Å². The van der Waals surface area contributed by atoms with Crippen LogP contribution >= 0.6 is 15.9 Å². The van der Waals surface area contributed by atoms with E-state index in [1.165, 1.54) is 12.3 Å². The standard InChI is InChI=1S/C18H20BrN3O2/c1-12(2)6-8-21-17(23)13-7-9-20-16(10-13)18(24)22-15-5-3-4-14(19)11-15/h3-5,7,9-12H,6,8H2,1-2H3,(H,21,23)(H,22,24). The summed E-state index contributed by atoms with van der Waals surface area (Å²) in [5, 5.41) is 5.61. The second kappa shape index (κ2) is 8.59. The Labute approximate surface area is 150 Å². The average Bonchev–Trinajstić information content (AvgIpc) is 2.54. The van der Waals surface area contributed by atoms with E-state index in [-0.39, 0.29) is 17.5 Å². The summed E-state index contributed by atoms with van der Waals surface area (Å²) in [4.78, 5) is 28.5. The minimum absolute atomic E-state index is 0.199. The number of pyridine rings is 1. The molecule has 0 spiro atoms. The summed E-state index contributed by atoms with van der Waals surface area (Å²) in [5.41, 5.74) is 1.28. The van der Waals surface area contributed by atoms with Crippen molar-refractivity contribution in [2.75, 3.05) is 11.9 Å². The molecule has 1 heterocycles. The lowest BCUT2D eigenvalue weighted by Gasteiger charge is -2.08. The molecule has 0 atom stereocenters. The fraction of sp³-hybridized carbons (Fsp3) is 0.278. The monoisotopic (exact) mass is 389 g/mol. The third kappa shape index (κ3) is 5.45. The number of halogens is 1. The Bertz CT molecular complexity index is 732. The molecule has 24 heavy (non-hydrogen) atoms. The number of hydrogen-bond acceptors (Lipinski definition) is 3. The normalized spacial score (nSPS) is 10.5. The second-order valence-electron chi connectivity index (χ2n) is 5.83. The highest BCUT2D eigenvalue weighted by Crippen LogP contribution is 2.16. The van der Waals surface area contributed by atoms with Gasteiger partial charge in [0.1, 0.15) is 5.69 Å². The number of nitrogens with one attached hydrogen (secondary N) is 2. The van der Waals surface area contributed by atoms with Crippen molar-refractivity contribution in [1.82, 2.24) is 10.3 Å². The molecule has 2 amide bonds. The predicted molar refractivity (Wildman–Crippen MR) is 98.1 cm³/mol. The van der Waals surface area contributed by atoms with E-state index in [2.05, 4.69) is 45.4 Å². The molecule has 0 aliphatic carbocycles. The number of amides is 2. The summed E-state index contributed by atoms with van der Waals surface area (Å²) >= 11 is 3.35. The van der Waals surface area contributed by atoms with Crippen LogP contribution < -0.4 is 10.6 Å². The lowest BCUT2D eigenvalue weighted by atomic mass is 10.1. The van der Waals surface area contributed by atoms with Gasteiger partial charge in [0.2, 0.25) is 0 Å². The van der Waals surface area contributed by atoms with Crippen LogP contribution in [0.5, 0.6) is 0 Å². The Kier molecular flexibility index (Phi) is 6.49. The highest BCUT2D eigenvalue weighted by molar-refractivity contribution is 9.10. The van der Waals surface area contributed by atoms with E-state index in [1.807, 2.05) is 12.1 Å². The van der Waals surface area contributed by atoms with Crippen molar-refractivity contribution >= 4 is 33.4 Å². The van der Waals surface area contributed by atoms with Gasteiger partial charge in [0.05, 0.1) is 0 Å². The summed E-state index contributed by atoms with van der Waals surface area (Å²) in [6.07, 6.45) is 2.38. The van der Waals surface area contributed by atoms with Crippen LogP contribution in [-0.2, 0) is 0 Å². The molecule has 0 aliphatic heterocycles. The zero-order valence-electron chi connectivity index (χ0n) is 13.7. The van der Waals surface area contributed by atoms with Crippen LogP contribution in [0.1, 0.15) is 41.1 Å². The van der Waals surface area contributed by atoms with Crippen LogP contribution in [0.2, 0.25) is 0 Å². The molecule has 0 fully saturated rings. The van der Waals surface area contributed by atoms with Crippen LogP contribution in [0.4, 0.5) is 5.69 Å². The maximum atomic E-state index is 12.3. The first-order chi connectivity index (χ1) is 11.5. The number of hydrogen-bond donors (Lipinski definition) is 2. The van der Waals surface area contributed by atoms with E-state index < -0.39 is 0 Å². The maximum absolute atomic E-state index is 12.3.